The quantitative estimate of drug-likeness (QED) is 0.271. The Balaban J connectivity index is 1.39. The maximum absolute atomic E-state index is 9.07. The molecule has 6 rings (SSSR count). The van der Waals surface area contributed by atoms with Gasteiger partial charge in [0.2, 0.25) is 11.8 Å². The number of nitriles is 1. The van der Waals surface area contributed by atoms with Crippen molar-refractivity contribution in [2.24, 2.45) is 7.05 Å². The standard InChI is InChI=1S/C31H24N6O/c1-19-16-22(24-12-14-33-26-7-5-4-6-25(24)26)17-20(2)29(19)38-30-28-27(13-15-37(28)3)35-31(36-30)34-23-10-8-21(18-32)9-11-23/h4-17H,1-3H3,(H,34,35,36). The van der Waals surface area contributed by atoms with E-state index in [1.54, 1.807) is 12.1 Å². The summed E-state index contributed by atoms with van der Waals surface area (Å²) in [6, 6.07) is 25.7. The fourth-order valence-electron chi connectivity index (χ4n) is 4.75. The lowest BCUT2D eigenvalue weighted by atomic mass is 9.97. The van der Waals surface area contributed by atoms with Crippen molar-refractivity contribution in [3.8, 4) is 28.8 Å². The largest absolute Gasteiger partial charge is 0.436 e. The van der Waals surface area contributed by atoms with Crippen LogP contribution in [0.4, 0.5) is 11.6 Å². The van der Waals surface area contributed by atoms with E-state index in [9.17, 15) is 0 Å². The normalized spacial score (nSPS) is 11.0. The molecule has 7 nitrogen and oxygen atoms in total. The number of rotatable bonds is 5. The highest BCUT2D eigenvalue weighted by Gasteiger charge is 2.17. The second-order valence-corrected chi connectivity index (χ2v) is 9.24. The van der Waals surface area contributed by atoms with Gasteiger partial charge in [0, 0.05) is 30.5 Å². The van der Waals surface area contributed by atoms with Crippen molar-refractivity contribution in [1.29, 1.82) is 5.26 Å². The summed E-state index contributed by atoms with van der Waals surface area (Å²) in [5.74, 6) is 1.64. The minimum absolute atomic E-state index is 0.415. The number of pyridine rings is 1. The summed E-state index contributed by atoms with van der Waals surface area (Å²) in [6.07, 6.45) is 3.79. The first kappa shape index (κ1) is 23.2. The number of aromatic nitrogens is 4. The summed E-state index contributed by atoms with van der Waals surface area (Å²) in [5.41, 5.74) is 8.17. The minimum Gasteiger partial charge on any atom is -0.436 e. The van der Waals surface area contributed by atoms with Crippen molar-refractivity contribution in [3.63, 3.8) is 0 Å². The van der Waals surface area contributed by atoms with E-state index in [-0.39, 0.29) is 0 Å². The molecule has 0 amide bonds. The molecular weight excluding hydrogens is 472 g/mol. The molecule has 0 aliphatic carbocycles. The number of nitrogens with one attached hydrogen (secondary N) is 1. The first-order chi connectivity index (χ1) is 18.5. The van der Waals surface area contributed by atoms with Gasteiger partial charge in [0.1, 0.15) is 11.3 Å². The van der Waals surface area contributed by atoms with Gasteiger partial charge < -0.3 is 14.6 Å². The van der Waals surface area contributed by atoms with Crippen LogP contribution in [0.15, 0.2) is 85.2 Å². The third kappa shape index (κ3) is 4.18. The van der Waals surface area contributed by atoms with Crippen LogP contribution in [-0.2, 0) is 7.05 Å². The average molecular weight is 497 g/mol. The van der Waals surface area contributed by atoms with Gasteiger partial charge in [-0.25, -0.2) is 4.98 Å². The molecule has 3 aromatic carbocycles. The molecule has 1 N–H and O–H groups in total. The van der Waals surface area contributed by atoms with Gasteiger partial charge in [0.25, 0.3) is 0 Å². The maximum Gasteiger partial charge on any atom is 0.249 e. The molecule has 0 saturated carbocycles. The Kier molecular flexibility index (Phi) is 5.70. The highest BCUT2D eigenvalue weighted by Crippen LogP contribution is 2.37. The van der Waals surface area contributed by atoms with Crippen LogP contribution in [0.5, 0.6) is 11.6 Å². The average Bonchev–Trinajstić information content (AvgIpc) is 3.31. The lowest BCUT2D eigenvalue weighted by molar-refractivity contribution is 0.459. The van der Waals surface area contributed by atoms with E-state index in [1.165, 1.54) is 0 Å². The second-order valence-electron chi connectivity index (χ2n) is 9.24. The fourth-order valence-corrected chi connectivity index (χ4v) is 4.75. The lowest BCUT2D eigenvalue weighted by Gasteiger charge is -2.16. The van der Waals surface area contributed by atoms with Crippen molar-refractivity contribution in [2.75, 3.05) is 5.32 Å². The van der Waals surface area contributed by atoms with Crippen molar-refractivity contribution >= 4 is 33.6 Å². The van der Waals surface area contributed by atoms with Crippen LogP contribution in [0.3, 0.4) is 0 Å². The molecule has 0 radical (unpaired) electrons. The highest BCUT2D eigenvalue weighted by molar-refractivity contribution is 5.94. The van der Waals surface area contributed by atoms with Crippen molar-refractivity contribution in [3.05, 3.63) is 102 Å². The molecule has 0 spiro atoms. The van der Waals surface area contributed by atoms with E-state index in [0.717, 1.165) is 55.6 Å². The highest BCUT2D eigenvalue weighted by atomic mass is 16.5. The maximum atomic E-state index is 9.07. The summed E-state index contributed by atoms with van der Waals surface area (Å²) >= 11 is 0. The van der Waals surface area contributed by atoms with Crippen molar-refractivity contribution in [1.82, 2.24) is 19.5 Å². The molecule has 0 aliphatic rings. The molecule has 3 heterocycles. The van der Waals surface area contributed by atoms with Gasteiger partial charge in [-0.15, -0.1) is 0 Å². The molecule has 6 aromatic rings. The van der Waals surface area contributed by atoms with Crippen LogP contribution in [0.2, 0.25) is 0 Å². The number of hydrogen-bond donors (Lipinski definition) is 1. The fraction of sp³-hybridized carbons (Fsp3) is 0.0968. The van der Waals surface area contributed by atoms with Crippen molar-refractivity contribution < 1.29 is 4.74 Å². The Labute approximate surface area is 220 Å². The van der Waals surface area contributed by atoms with Crippen LogP contribution in [0, 0.1) is 25.2 Å². The number of aryl methyl sites for hydroxylation is 3. The van der Waals surface area contributed by atoms with Gasteiger partial charge in [-0.2, -0.15) is 10.2 Å². The number of anilines is 2. The number of benzene rings is 3. The molecule has 7 heteroatoms. The third-order valence-corrected chi connectivity index (χ3v) is 6.58. The lowest BCUT2D eigenvalue weighted by Crippen LogP contribution is -2.02. The zero-order valence-electron chi connectivity index (χ0n) is 21.2. The first-order valence-corrected chi connectivity index (χ1v) is 12.2. The van der Waals surface area contributed by atoms with Gasteiger partial charge in [-0.1, -0.05) is 18.2 Å². The Hall–Kier alpha value is -5.22. The topological polar surface area (TPSA) is 88.7 Å². The van der Waals surface area contributed by atoms with E-state index in [0.29, 0.717) is 17.4 Å². The molecule has 0 fully saturated rings. The van der Waals surface area contributed by atoms with Gasteiger partial charge in [0.05, 0.1) is 22.7 Å². The van der Waals surface area contributed by atoms with Crippen LogP contribution < -0.4 is 10.1 Å². The Morgan fingerprint density at radius 3 is 2.42 bits per heavy atom. The second kappa shape index (κ2) is 9.34. The molecule has 0 saturated heterocycles. The zero-order valence-corrected chi connectivity index (χ0v) is 21.2. The molecule has 184 valence electrons. The van der Waals surface area contributed by atoms with Crippen LogP contribution >= 0.6 is 0 Å². The number of hydrogen-bond acceptors (Lipinski definition) is 6. The van der Waals surface area contributed by atoms with Crippen LogP contribution in [0.1, 0.15) is 16.7 Å². The summed E-state index contributed by atoms with van der Waals surface area (Å²) in [5, 5.41) is 13.4. The van der Waals surface area contributed by atoms with Crippen LogP contribution in [0.25, 0.3) is 33.1 Å². The predicted molar refractivity (Wildman–Crippen MR) is 150 cm³/mol. The molecule has 3 aromatic heterocycles. The third-order valence-electron chi connectivity index (χ3n) is 6.58. The summed E-state index contributed by atoms with van der Waals surface area (Å²) in [4.78, 5) is 13.9. The van der Waals surface area contributed by atoms with Crippen molar-refractivity contribution in [2.45, 2.75) is 13.8 Å². The zero-order chi connectivity index (χ0) is 26.2. The Bertz CT molecular complexity index is 1840. The van der Waals surface area contributed by atoms with Gasteiger partial charge >= 0.3 is 0 Å². The van der Waals surface area contributed by atoms with Gasteiger partial charge in [-0.3, -0.25) is 4.98 Å². The molecule has 0 unspecified atom stereocenters. The van der Waals surface area contributed by atoms with Gasteiger partial charge in [0.15, 0.2) is 0 Å². The number of fused-ring (bicyclic) bond motifs is 2. The summed E-state index contributed by atoms with van der Waals surface area (Å²) < 4.78 is 8.47. The number of ether oxygens (including phenoxy) is 1. The van der Waals surface area contributed by atoms with E-state index in [4.69, 9.17) is 15.0 Å². The monoisotopic (exact) mass is 496 g/mol. The number of nitrogens with zero attached hydrogens (tertiary/aromatic N) is 5. The summed E-state index contributed by atoms with van der Waals surface area (Å²) in [6.45, 7) is 4.10. The molecule has 0 bridgehead atoms. The van der Waals surface area contributed by atoms with E-state index >= 15 is 0 Å². The van der Waals surface area contributed by atoms with E-state index < -0.39 is 0 Å². The minimum atomic E-state index is 0.415. The Morgan fingerprint density at radius 1 is 0.895 bits per heavy atom. The van der Waals surface area contributed by atoms with E-state index in [2.05, 4.69) is 59.5 Å². The smallest absolute Gasteiger partial charge is 0.249 e. The Morgan fingerprint density at radius 2 is 1.66 bits per heavy atom. The number of para-hydroxylation sites is 1. The molecule has 0 atom stereocenters. The first-order valence-electron chi connectivity index (χ1n) is 12.2. The molecule has 38 heavy (non-hydrogen) atoms. The summed E-state index contributed by atoms with van der Waals surface area (Å²) in [7, 11) is 1.95. The predicted octanol–water partition coefficient (Wildman–Crippen LogP) is 7.21. The van der Waals surface area contributed by atoms with E-state index in [1.807, 2.05) is 60.4 Å². The SMILES string of the molecule is Cc1cc(-c2ccnc3ccccc23)cc(C)c1Oc1nc(Nc2ccc(C#N)cc2)nc2ccn(C)c12. The van der Waals surface area contributed by atoms with Gasteiger partial charge in [-0.05, 0) is 90.7 Å². The molecule has 0 aliphatic heterocycles. The molecular formula is C31H24N6O. The van der Waals surface area contributed by atoms with Crippen LogP contribution in [-0.4, -0.2) is 19.5 Å².